The van der Waals surface area contributed by atoms with Crippen LogP contribution < -0.4 is 0 Å². The summed E-state index contributed by atoms with van der Waals surface area (Å²) in [6.45, 7) is 14.9. The van der Waals surface area contributed by atoms with Crippen LogP contribution in [-0.2, 0) is 12.8 Å². The number of nitrogens with zero attached hydrogens (tertiary/aromatic N) is 1. The van der Waals surface area contributed by atoms with Gasteiger partial charge in [-0.05, 0) is 84.2 Å². The minimum Gasteiger partial charge on any atom is -0.258 e. The van der Waals surface area contributed by atoms with Crippen molar-refractivity contribution in [2.75, 3.05) is 0 Å². The van der Waals surface area contributed by atoms with E-state index in [-0.39, 0.29) is 9.49 Å². The Hall–Kier alpha value is -0.150. The Bertz CT molecular complexity index is 810. The number of hydrogen-bond acceptors (Lipinski definition) is 3. The van der Waals surface area contributed by atoms with Gasteiger partial charge in [-0.1, -0.05) is 47.6 Å². The maximum absolute atomic E-state index is 5.38. The Morgan fingerprint density at radius 2 is 1.17 bits per heavy atom. The second-order valence-electron chi connectivity index (χ2n) is 13.0. The summed E-state index contributed by atoms with van der Waals surface area (Å²) in [5.41, 5.74) is 3.81. The summed E-state index contributed by atoms with van der Waals surface area (Å²) in [4.78, 5) is 5.22. The molecule has 0 spiro atoms. The molecule has 1 heterocycles. The van der Waals surface area contributed by atoms with Crippen LogP contribution in [0, 0.1) is 33.5 Å². The number of pyridine rings is 1. The number of fused-ring (bicyclic) bond motifs is 4. The van der Waals surface area contributed by atoms with E-state index in [2.05, 4.69) is 59.7 Å². The predicted octanol–water partition coefficient (Wildman–Crippen LogP) is 7.20. The van der Waals surface area contributed by atoms with Crippen LogP contribution in [0.5, 0.6) is 0 Å². The van der Waals surface area contributed by atoms with Crippen molar-refractivity contribution in [2.24, 2.45) is 33.5 Å². The standard InChI is InChI=1S/C27H41NS2/c1-22(2)18-10-12-24(22,5)26(29,14-18)16-20-8-7-9-21(28-20)17-27(30)15-19-11-13-25(27,6)23(19,3)4/h7-9,18-19,29-30H,10-17H2,1-6H3. The molecule has 0 aliphatic heterocycles. The normalized spacial score (nSPS) is 47.9. The smallest absolute Gasteiger partial charge is 0.0420 e. The lowest BCUT2D eigenvalue weighted by Crippen LogP contribution is -2.45. The van der Waals surface area contributed by atoms with E-state index in [0.29, 0.717) is 21.7 Å². The van der Waals surface area contributed by atoms with Gasteiger partial charge in [-0.15, -0.1) is 0 Å². The van der Waals surface area contributed by atoms with Crippen molar-refractivity contribution in [3.05, 3.63) is 29.6 Å². The van der Waals surface area contributed by atoms with E-state index in [9.17, 15) is 0 Å². The summed E-state index contributed by atoms with van der Waals surface area (Å²) < 4.78 is 0.119. The third kappa shape index (κ3) is 2.49. The molecule has 0 aromatic carbocycles. The molecule has 5 rings (SSSR count). The molecule has 4 aliphatic rings. The minimum absolute atomic E-state index is 0.0596. The monoisotopic (exact) mass is 443 g/mol. The van der Waals surface area contributed by atoms with E-state index in [0.717, 1.165) is 24.7 Å². The van der Waals surface area contributed by atoms with Gasteiger partial charge in [0.15, 0.2) is 0 Å². The zero-order valence-corrected chi connectivity index (χ0v) is 21.7. The van der Waals surface area contributed by atoms with Crippen molar-refractivity contribution in [3.8, 4) is 0 Å². The molecule has 4 fully saturated rings. The Morgan fingerprint density at radius 3 is 1.47 bits per heavy atom. The summed E-state index contributed by atoms with van der Waals surface area (Å²) in [6.07, 6.45) is 9.81. The third-order valence-corrected chi connectivity index (χ3v) is 13.6. The maximum atomic E-state index is 5.38. The van der Waals surface area contributed by atoms with Crippen molar-refractivity contribution in [3.63, 3.8) is 0 Å². The van der Waals surface area contributed by atoms with Crippen LogP contribution in [0.4, 0.5) is 0 Å². The van der Waals surface area contributed by atoms with Gasteiger partial charge in [-0.2, -0.15) is 25.3 Å². The highest BCUT2D eigenvalue weighted by Gasteiger charge is 2.68. The Balaban J connectivity index is 1.39. The van der Waals surface area contributed by atoms with Crippen LogP contribution >= 0.6 is 25.3 Å². The second-order valence-corrected chi connectivity index (χ2v) is 14.7. The van der Waals surface area contributed by atoms with Crippen molar-refractivity contribution in [1.29, 1.82) is 0 Å². The van der Waals surface area contributed by atoms with E-state index in [4.69, 9.17) is 30.2 Å². The molecule has 6 atom stereocenters. The summed E-state index contributed by atoms with van der Waals surface area (Å²) >= 11 is 10.8. The largest absolute Gasteiger partial charge is 0.258 e. The number of rotatable bonds is 4. The number of aromatic nitrogens is 1. The van der Waals surface area contributed by atoms with E-state index in [1.807, 2.05) is 0 Å². The summed E-state index contributed by atoms with van der Waals surface area (Å²) in [5, 5.41) is 0. The molecular formula is C27H41NS2. The first kappa shape index (κ1) is 21.7. The van der Waals surface area contributed by atoms with Crippen molar-refractivity contribution < 1.29 is 0 Å². The molecular weight excluding hydrogens is 402 g/mol. The molecule has 4 saturated carbocycles. The van der Waals surface area contributed by atoms with Gasteiger partial charge < -0.3 is 0 Å². The summed E-state index contributed by atoms with van der Waals surface area (Å²) in [6, 6.07) is 6.70. The predicted molar refractivity (Wildman–Crippen MR) is 134 cm³/mol. The van der Waals surface area contributed by atoms with E-state index in [1.165, 1.54) is 49.9 Å². The maximum Gasteiger partial charge on any atom is 0.0420 e. The molecule has 166 valence electrons. The lowest BCUT2D eigenvalue weighted by atomic mass is 9.65. The second kappa shape index (κ2) is 6.25. The van der Waals surface area contributed by atoms with Crippen molar-refractivity contribution in [2.45, 2.75) is 102 Å². The molecule has 0 saturated heterocycles. The van der Waals surface area contributed by atoms with Gasteiger partial charge in [0, 0.05) is 33.7 Å². The molecule has 1 aromatic heterocycles. The van der Waals surface area contributed by atoms with Gasteiger partial charge in [0.1, 0.15) is 0 Å². The highest BCUT2D eigenvalue weighted by Crippen LogP contribution is 2.73. The van der Waals surface area contributed by atoms with Crippen molar-refractivity contribution in [1.82, 2.24) is 4.98 Å². The fourth-order valence-corrected chi connectivity index (χ4v) is 10.3. The highest BCUT2D eigenvalue weighted by molar-refractivity contribution is 7.82. The van der Waals surface area contributed by atoms with Crippen LogP contribution in [0.1, 0.15) is 91.5 Å². The molecule has 4 aliphatic carbocycles. The van der Waals surface area contributed by atoms with Gasteiger partial charge >= 0.3 is 0 Å². The number of thiol groups is 2. The average Bonchev–Trinajstić information content (AvgIpc) is 3.12. The SMILES string of the molecule is CC1(C)C2CCC1(C)C(S)(Cc1cccc(CC3(S)CC4CCC3(C)C4(C)C)n1)C2. The fourth-order valence-electron chi connectivity index (χ4n) is 8.70. The van der Waals surface area contributed by atoms with Crippen LogP contribution in [0.2, 0.25) is 0 Å². The zero-order valence-electron chi connectivity index (χ0n) is 19.9. The van der Waals surface area contributed by atoms with Crippen molar-refractivity contribution >= 4 is 25.3 Å². The fraction of sp³-hybridized carbons (Fsp3) is 0.815. The zero-order chi connectivity index (χ0) is 21.8. The van der Waals surface area contributed by atoms with Gasteiger partial charge in [0.2, 0.25) is 0 Å². The third-order valence-electron chi connectivity index (χ3n) is 11.9. The molecule has 30 heavy (non-hydrogen) atoms. The molecule has 0 radical (unpaired) electrons. The molecule has 3 heteroatoms. The van der Waals surface area contributed by atoms with Crippen LogP contribution in [0.25, 0.3) is 0 Å². The Kier molecular flexibility index (Phi) is 4.52. The quantitative estimate of drug-likeness (QED) is 0.469. The number of hydrogen-bond donors (Lipinski definition) is 2. The topological polar surface area (TPSA) is 12.9 Å². The van der Waals surface area contributed by atoms with Crippen LogP contribution in [-0.4, -0.2) is 14.5 Å². The minimum atomic E-state index is 0.0596. The molecule has 6 unspecified atom stereocenters. The van der Waals surface area contributed by atoms with Gasteiger partial charge in [0.05, 0.1) is 0 Å². The lowest BCUT2D eigenvalue weighted by molar-refractivity contribution is 0.120. The molecule has 4 bridgehead atoms. The lowest BCUT2D eigenvalue weighted by Gasteiger charge is -2.46. The first-order chi connectivity index (χ1) is 13.8. The van der Waals surface area contributed by atoms with Crippen LogP contribution in [0.3, 0.4) is 0 Å². The van der Waals surface area contributed by atoms with E-state index >= 15 is 0 Å². The molecule has 0 N–H and O–H groups in total. The molecule has 1 nitrogen and oxygen atoms in total. The molecule has 1 aromatic rings. The Morgan fingerprint density at radius 1 is 0.767 bits per heavy atom. The summed E-state index contributed by atoms with van der Waals surface area (Å²) in [7, 11) is 0. The Labute approximate surface area is 195 Å². The first-order valence-electron chi connectivity index (χ1n) is 12.2. The summed E-state index contributed by atoms with van der Waals surface area (Å²) in [5.74, 6) is 1.61. The molecule has 0 amide bonds. The van der Waals surface area contributed by atoms with Gasteiger partial charge in [-0.3, -0.25) is 4.98 Å². The first-order valence-corrected chi connectivity index (χ1v) is 13.1. The average molecular weight is 444 g/mol. The van der Waals surface area contributed by atoms with E-state index in [1.54, 1.807) is 0 Å². The highest BCUT2D eigenvalue weighted by atomic mass is 32.1. The van der Waals surface area contributed by atoms with Crippen LogP contribution in [0.15, 0.2) is 18.2 Å². The van der Waals surface area contributed by atoms with Gasteiger partial charge in [0.25, 0.3) is 0 Å². The van der Waals surface area contributed by atoms with E-state index < -0.39 is 0 Å². The van der Waals surface area contributed by atoms with Gasteiger partial charge in [-0.25, -0.2) is 0 Å².